The third-order valence-corrected chi connectivity index (χ3v) is 4.58. The molecule has 1 saturated heterocycles. The third kappa shape index (κ3) is 4.42. The molecule has 0 saturated carbocycles. The Balaban J connectivity index is 2.04. The van der Waals surface area contributed by atoms with Crippen molar-refractivity contribution in [1.29, 1.82) is 0 Å². The monoisotopic (exact) mass is 422 g/mol. The molecule has 0 bridgehead atoms. The number of phenols is 1. The van der Waals surface area contributed by atoms with Crippen molar-refractivity contribution in [2.45, 2.75) is 13.3 Å². The number of barbiturate groups is 1. The number of methoxy groups -OCH3 is 1. The first kappa shape index (κ1) is 21.6. The van der Waals surface area contributed by atoms with Gasteiger partial charge in [-0.1, -0.05) is 6.08 Å². The number of urea groups is 1. The summed E-state index contributed by atoms with van der Waals surface area (Å²) in [6, 6.07) is 8.59. The molecule has 2 N–H and O–H groups in total. The lowest BCUT2D eigenvalue weighted by Gasteiger charge is -2.26. The van der Waals surface area contributed by atoms with Crippen LogP contribution in [0.1, 0.15) is 18.1 Å². The highest BCUT2D eigenvalue weighted by Gasteiger charge is 2.36. The van der Waals surface area contributed by atoms with E-state index in [1.807, 2.05) is 0 Å². The number of phenolic OH excluding ortho intramolecular Hbond substituents is 1. The summed E-state index contributed by atoms with van der Waals surface area (Å²) in [7, 11) is 1.50. The molecule has 1 aliphatic heterocycles. The van der Waals surface area contributed by atoms with Gasteiger partial charge in [-0.3, -0.25) is 14.9 Å². The number of aromatic hydroxyl groups is 1. The highest BCUT2D eigenvalue weighted by molar-refractivity contribution is 6.39. The van der Waals surface area contributed by atoms with Crippen LogP contribution in [0.2, 0.25) is 0 Å². The van der Waals surface area contributed by atoms with E-state index in [0.717, 1.165) is 4.90 Å². The highest BCUT2D eigenvalue weighted by Crippen LogP contribution is 2.33. The van der Waals surface area contributed by atoms with Crippen molar-refractivity contribution < 1.29 is 29.0 Å². The standard InChI is InChI=1S/C23H22N2O6/c1-4-6-15-11-14(13-19(20(15)26)31-5-2)12-18-21(27)24-23(29)25(22(18)28)16-7-9-17(30-3)10-8-16/h4,7-13,26H,1,5-6H2,2-3H3,(H,24,27,29)/b18-12-. The second-order valence-corrected chi connectivity index (χ2v) is 6.61. The molecule has 0 aliphatic carbocycles. The number of carbonyl (C=O) groups excluding carboxylic acids is 3. The van der Waals surface area contributed by atoms with E-state index in [9.17, 15) is 19.5 Å². The number of rotatable bonds is 7. The molecular formula is C23H22N2O6. The third-order valence-electron chi connectivity index (χ3n) is 4.58. The predicted octanol–water partition coefficient (Wildman–Crippen LogP) is 3.19. The molecular weight excluding hydrogens is 400 g/mol. The largest absolute Gasteiger partial charge is 0.504 e. The van der Waals surface area contributed by atoms with Gasteiger partial charge in [-0.25, -0.2) is 9.69 Å². The summed E-state index contributed by atoms with van der Waals surface area (Å²) in [5.41, 5.74) is 1.04. The Morgan fingerprint density at radius 1 is 1.16 bits per heavy atom. The van der Waals surface area contributed by atoms with Crippen LogP contribution in [0.5, 0.6) is 17.2 Å². The van der Waals surface area contributed by atoms with Crippen molar-refractivity contribution in [3.63, 3.8) is 0 Å². The van der Waals surface area contributed by atoms with E-state index in [1.54, 1.807) is 43.3 Å². The lowest BCUT2D eigenvalue weighted by molar-refractivity contribution is -0.122. The number of carbonyl (C=O) groups is 3. The average molecular weight is 422 g/mol. The number of allylic oxidation sites excluding steroid dienone is 1. The number of ether oxygens (including phenoxy) is 2. The molecule has 8 heteroatoms. The van der Waals surface area contributed by atoms with Crippen LogP contribution in [-0.4, -0.2) is 36.7 Å². The van der Waals surface area contributed by atoms with Gasteiger partial charge in [0.15, 0.2) is 11.5 Å². The number of benzene rings is 2. The molecule has 160 valence electrons. The number of amides is 4. The number of imide groups is 2. The summed E-state index contributed by atoms with van der Waals surface area (Å²) < 4.78 is 10.6. The fraction of sp³-hybridized carbons (Fsp3) is 0.174. The number of hydrogen-bond donors (Lipinski definition) is 2. The summed E-state index contributed by atoms with van der Waals surface area (Å²) in [4.78, 5) is 38.7. The highest BCUT2D eigenvalue weighted by atomic mass is 16.5. The Morgan fingerprint density at radius 3 is 2.48 bits per heavy atom. The van der Waals surface area contributed by atoms with Gasteiger partial charge in [-0.05, 0) is 61.4 Å². The molecule has 1 heterocycles. The fourth-order valence-electron chi connectivity index (χ4n) is 3.14. The van der Waals surface area contributed by atoms with Gasteiger partial charge < -0.3 is 14.6 Å². The van der Waals surface area contributed by atoms with Gasteiger partial charge in [-0.15, -0.1) is 6.58 Å². The molecule has 0 aromatic heterocycles. The lowest BCUT2D eigenvalue weighted by Crippen LogP contribution is -2.54. The normalized spacial score (nSPS) is 15.1. The topological polar surface area (TPSA) is 105 Å². The van der Waals surface area contributed by atoms with Crippen molar-refractivity contribution in [3.05, 3.63) is 65.8 Å². The van der Waals surface area contributed by atoms with E-state index >= 15 is 0 Å². The maximum Gasteiger partial charge on any atom is 0.335 e. The van der Waals surface area contributed by atoms with Crippen LogP contribution >= 0.6 is 0 Å². The number of nitrogens with one attached hydrogen (secondary N) is 1. The molecule has 2 aromatic carbocycles. The zero-order chi connectivity index (χ0) is 22.5. The van der Waals surface area contributed by atoms with Gasteiger partial charge in [0.1, 0.15) is 11.3 Å². The van der Waals surface area contributed by atoms with Gasteiger partial charge in [0.05, 0.1) is 19.4 Å². The Hall–Kier alpha value is -4.07. The second kappa shape index (κ2) is 9.17. The van der Waals surface area contributed by atoms with Crippen LogP contribution < -0.4 is 19.7 Å². The Morgan fingerprint density at radius 2 is 1.87 bits per heavy atom. The molecule has 8 nitrogen and oxygen atoms in total. The van der Waals surface area contributed by atoms with Crippen LogP contribution in [0, 0.1) is 0 Å². The summed E-state index contributed by atoms with van der Waals surface area (Å²) in [5.74, 6) is -0.826. The first-order valence-electron chi connectivity index (χ1n) is 9.54. The Bertz CT molecular complexity index is 1070. The molecule has 31 heavy (non-hydrogen) atoms. The second-order valence-electron chi connectivity index (χ2n) is 6.61. The SMILES string of the molecule is C=CCc1cc(/C=C2/C(=O)NC(=O)N(c3ccc(OC)cc3)C2=O)cc(OCC)c1O. The van der Waals surface area contributed by atoms with Crippen molar-refractivity contribution in [1.82, 2.24) is 5.32 Å². The minimum atomic E-state index is -0.842. The molecule has 2 aromatic rings. The lowest BCUT2D eigenvalue weighted by atomic mass is 10.0. The Labute approximate surface area is 179 Å². The summed E-state index contributed by atoms with van der Waals surface area (Å²) in [5, 5.41) is 12.5. The Kier molecular flexibility index (Phi) is 6.40. The minimum Gasteiger partial charge on any atom is -0.504 e. The molecule has 1 fully saturated rings. The molecule has 0 atom stereocenters. The van der Waals surface area contributed by atoms with Crippen molar-refractivity contribution in [2.24, 2.45) is 0 Å². The van der Waals surface area contributed by atoms with E-state index in [-0.39, 0.29) is 22.8 Å². The number of anilines is 1. The smallest absolute Gasteiger partial charge is 0.335 e. The molecule has 0 spiro atoms. The van der Waals surface area contributed by atoms with Crippen LogP contribution in [0.15, 0.2) is 54.6 Å². The summed E-state index contributed by atoms with van der Waals surface area (Å²) in [6.45, 7) is 5.76. The van der Waals surface area contributed by atoms with Crippen LogP contribution in [-0.2, 0) is 16.0 Å². The molecule has 0 radical (unpaired) electrons. The molecule has 1 aliphatic rings. The maximum atomic E-state index is 13.0. The van der Waals surface area contributed by atoms with Crippen LogP contribution in [0.25, 0.3) is 6.08 Å². The van der Waals surface area contributed by atoms with Gasteiger partial charge in [0, 0.05) is 5.56 Å². The predicted molar refractivity (Wildman–Crippen MR) is 115 cm³/mol. The molecule has 4 amide bonds. The van der Waals surface area contributed by atoms with Gasteiger partial charge in [-0.2, -0.15) is 0 Å². The summed E-state index contributed by atoms with van der Waals surface area (Å²) >= 11 is 0. The van der Waals surface area contributed by atoms with E-state index in [4.69, 9.17) is 9.47 Å². The first-order valence-corrected chi connectivity index (χ1v) is 9.54. The quantitative estimate of drug-likeness (QED) is 0.403. The maximum absolute atomic E-state index is 13.0. The van der Waals surface area contributed by atoms with Crippen LogP contribution in [0.3, 0.4) is 0 Å². The van der Waals surface area contributed by atoms with E-state index < -0.39 is 17.8 Å². The fourth-order valence-corrected chi connectivity index (χ4v) is 3.14. The van der Waals surface area contributed by atoms with Gasteiger partial charge >= 0.3 is 6.03 Å². The minimum absolute atomic E-state index is 0.0293. The molecule has 0 unspecified atom stereocenters. The average Bonchev–Trinajstić information content (AvgIpc) is 2.75. The summed E-state index contributed by atoms with van der Waals surface area (Å²) in [6.07, 6.45) is 3.33. The number of hydrogen-bond acceptors (Lipinski definition) is 6. The van der Waals surface area contributed by atoms with Gasteiger partial charge in [0.25, 0.3) is 11.8 Å². The van der Waals surface area contributed by atoms with Crippen molar-refractivity contribution >= 4 is 29.6 Å². The zero-order valence-corrected chi connectivity index (χ0v) is 17.2. The van der Waals surface area contributed by atoms with E-state index in [0.29, 0.717) is 29.9 Å². The van der Waals surface area contributed by atoms with Crippen molar-refractivity contribution in [2.75, 3.05) is 18.6 Å². The van der Waals surface area contributed by atoms with Crippen LogP contribution in [0.4, 0.5) is 10.5 Å². The number of nitrogens with zero attached hydrogens (tertiary/aromatic N) is 1. The molecule has 3 rings (SSSR count). The zero-order valence-electron chi connectivity index (χ0n) is 17.2. The van der Waals surface area contributed by atoms with E-state index in [2.05, 4.69) is 11.9 Å². The van der Waals surface area contributed by atoms with E-state index in [1.165, 1.54) is 19.3 Å². The first-order chi connectivity index (χ1) is 14.9. The van der Waals surface area contributed by atoms with Gasteiger partial charge in [0.2, 0.25) is 0 Å². The van der Waals surface area contributed by atoms with Crippen molar-refractivity contribution in [3.8, 4) is 17.2 Å².